The maximum atomic E-state index is 5.79. The zero-order valence-electron chi connectivity index (χ0n) is 9.25. The first-order chi connectivity index (χ1) is 7.10. The van der Waals surface area contributed by atoms with Crippen molar-refractivity contribution in [2.75, 3.05) is 12.8 Å². The molecule has 0 spiro atoms. The van der Waals surface area contributed by atoms with Crippen molar-refractivity contribution in [3.05, 3.63) is 16.0 Å². The van der Waals surface area contributed by atoms with Crippen molar-refractivity contribution in [2.24, 2.45) is 0 Å². The first-order valence-electron chi connectivity index (χ1n) is 4.90. The van der Waals surface area contributed by atoms with E-state index in [-0.39, 0.29) is 0 Å². The summed E-state index contributed by atoms with van der Waals surface area (Å²) in [6.07, 6.45) is 0.994. The highest BCUT2D eigenvalue weighted by atomic mass is 79.9. The van der Waals surface area contributed by atoms with Crippen LogP contribution in [0.1, 0.15) is 37.7 Å². The van der Waals surface area contributed by atoms with Gasteiger partial charge in [0.25, 0.3) is 0 Å². The van der Waals surface area contributed by atoms with Crippen LogP contribution in [-0.2, 0) is 11.3 Å². The van der Waals surface area contributed by atoms with E-state index in [0.29, 0.717) is 18.3 Å². The SMILES string of the molecule is CCC(C)c1nc(N)c(Br)c(COC)n1. The van der Waals surface area contributed by atoms with Crippen LogP contribution in [0.5, 0.6) is 0 Å². The summed E-state index contributed by atoms with van der Waals surface area (Å²) in [6.45, 7) is 4.62. The number of halogens is 1. The molecule has 0 radical (unpaired) electrons. The van der Waals surface area contributed by atoms with Crippen molar-refractivity contribution in [3.8, 4) is 0 Å². The highest BCUT2D eigenvalue weighted by Gasteiger charge is 2.13. The molecular formula is C10H16BrN3O. The molecule has 5 heteroatoms. The van der Waals surface area contributed by atoms with Crippen LogP contribution >= 0.6 is 15.9 Å². The summed E-state index contributed by atoms with van der Waals surface area (Å²) in [6, 6.07) is 0. The maximum absolute atomic E-state index is 5.79. The maximum Gasteiger partial charge on any atom is 0.141 e. The van der Waals surface area contributed by atoms with E-state index in [4.69, 9.17) is 10.5 Å². The fourth-order valence-corrected chi connectivity index (χ4v) is 1.46. The topological polar surface area (TPSA) is 61.0 Å². The van der Waals surface area contributed by atoms with Crippen molar-refractivity contribution >= 4 is 21.7 Å². The Balaban J connectivity index is 3.11. The predicted octanol–water partition coefficient (Wildman–Crippen LogP) is 2.48. The standard InChI is InChI=1S/C10H16BrN3O/c1-4-6(2)10-13-7(5-15-3)8(11)9(12)14-10/h6H,4-5H2,1-3H3,(H2,12,13,14). The Hall–Kier alpha value is -0.680. The molecule has 4 nitrogen and oxygen atoms in total. The van der Waals surface area contributed by atoms with E-state index in [1.165, 1.54) is 0 Å². The summed E-state index contributed by atoms with van der Waals surface area (Å²) in [4.78, 5) is 8.68. The fourth-order valence-electron chi connectivity index (χ4n) is 1.17. The van der Waals surface area contributed by atoms with Crippen molar-refractivity contribution in [1.29, 1.82) is 0 Å². The van der Waals surface area contributed by atoms with Crippen LogP contribution in [0.15, 0.2) is 4.47 Å². The van der Waals surface area contributed by atoms with Crippen LogP contribution in [-0.4, -0.2) is 17.1 Å². The molecule has 1 atom stereocenters. The van der Waals surface area contributed by atoms with E-state index >= 15 is 0 Å². The molecular weight excluding hydrogens is 258 g/mol. The van der Waals surface area contributed by atoms with Gasteiger partial charge in [-0.3, -0.25) is 0 Å². The number of hydrogen-bond donors (Lipinski definition) is 1. The van der Waals surface area contributed by atoms with E-state index in [2.05, 4.69) is 39.7 Å². The molecule has 1 aromatic rings. The van der Waals surface area contributed by atoms with Gasteiger partial charge in [0.2, 0.25) is 0 Å². The van der Waals surface area contributed by atoms with Gasteiger partial charge in [-0.15, -0.1) is 0 Å². The number of nitrogens with two attached hydrogens (primary N) is 1. The minimum atomic E-state index is 0.316. The van der Waals surface area contributed by atoms with Gasteiger partial charge >= 0.3 is 0 Å². The third kappa shape index (κ3) is 2.89. The van der Waals surface area contributed by atoms with Crippen LogP contribution in [0.4, 0.5) is 5.82 Å². The summed E-state index contributed by atoms with van der Waals surface area (Å²) in [7, 11) is 1.63. The molecule has 15 heavy (non-hydrogen) atoms. The number of nitrogen functional groups attached to an aromatic ring is 1. The van der Waals surface area contributed by atoms with E-state index in [1.807, 2.05) is 0 Å². The number of hydrogen-bond acceptors (Lipinski definition) is 4. The van der Waals surface area contributed by atoms with E-state index in [0.717, 1.165) is 22.4 Å². The van der Waals surface area contributed by atoms with Gasteiger partial charge in [0.15, 0.2) is 0 Å². The van der Waals surface area contributed by atoms with Crippen molar-refractivity contribution in [3.63, 3.8) is 0 Å². The molecule has 2 N–H and O–H groups in total. The largest absolute Gasteiger partial charge is 0.383 e. The second-order valence-corrected chi connectivity index (χ2v) is 4.26. The van der Waals surface area contributed by atoms with Gasteiger partial charge in [-0.05, 0) is 22.4 Å². The summed E-state index contributed by atoms with van der Waals surface area (Å²) in [5.74, 6) is 1.58. The van der Waals surface area contributed by atoms with Gasteiger partial charge in [-0.1, -0.05) is 13.8 Å². The van der Waals surface area contributed by atoms with E-state index < -0.39 is 0 Å². The van der Waals surface area contributed by atoms with Crippen LogP contribution in [0.2, 0.25) is 0 Å². The second kappa shape index (κ2) is 5.42. The van der Waals surface area contributed by atoms with Gasteiger partial charge in [-0.25, -0.2) is 9.97 Å². The number of rotatable bonds is 4. The molecule has 0 aliphatic carbocycles. The molecule has 0 saturated heterocycles. The Morgan fingerprint density at radius 2 is 2.13 bits per heavy atom. The van der Waals surface area contributed by atoms with E-state index in [1.54, 1.807) is 7.11 Å². The Bertz CT molecular complexity index is 344. The molecule has 84 valence electrons. The van der Waals surface area contributed by atoms with E-state index in [9.17, 15) is 0 Å². The predicted molar refractivity (Wildman–Crippen MR) is 63.6 cm³/mol. The minimum Gasteiger partial charge on any atom is -0.383 e. The lowest BCUT2D eigenvalue weighted by Crippen LogP contribution is -2.08. The molecule has 1 rings (SSSR count). The monoisotopic (exact) mass is 273 g/mol. The smallest absolute Gasteiger partial charge is 0.141 e. The lowest BCUT2D eigenvalue weighted by atomic mass is 10.1. The highest BCUT2D eigenvalue weighted by molar-refractivity contribution is 9.10. The Morgan fingerprint density at radius 3 is 2.67 bits per heavy atom. The van der Waals surface area contributed by atoms with Crippen LogP contribution in [0, 0.1) is 0 Å². The Morgan fingerprint density at radius 1 is 1.47 bits per heavy atom. The molecule has 0 amide bonds. The zero-order chi connectivity index (χ0) is 11.4. The lowest BCUT2D eigenvalue weighted by molar-refractivity contribution is 0.180. The molecule has 0 saturated carbocycles. The van der Waals surface area contributed by atoms with Crippen LogP contribution in [0.3, 0.4) is 0 Å². The summed E-state index contributed by atoms with van der Waals surface area (Å²) in [5, 5.41) is 0. The number of nitrogens with zero attached hydrogens (tertiary/aromatic N) is 2. The average molecular weight is 274 g/mol. The van der Waals surface area contributed by atoms with Gasteiger partial charge < -0.3 is 10.5 Å². The molecule has 0 aliphatic rings. The normalized spacial score (nSPS) is 12.8. The quantitative estimate of drug-likeness (QED) is 0.916. The van der Waals surface area contributed by atoms with Gasteiger partial charge in [0.05, 0.1) is 16.8 Å². The van der Waals surface area contributed by atoms with Crippen molar-refractivity contribution < 1.29 is 4.74 Å². The second-order valence-electron chi connectivity index (χ2n) is 3.47. The summed E-state index contributed by atoms with van der Waals surface area (Å²) in [5.41, 5.74) is 6.60. The number of aromatic nitrogens is 2. The highest BCUT2D eigenvalue weighted by Crippen LogP contribution is 2.24. The molecule has 0 aromatic carbocycles. The fraction of sp³-hybridized carbons (Fsp3) is 0.600. The molecule has 1 unspecified atom stereocenters. The third-order valence-corrected chi connectivity index (χ3v) is 3.16. The first-order valence-corrected chi connectivity index (χ1v) is 5.70. The van der Waals surface area contributed by atoms with Crippen molar-refractivity contribution in [2.45, 2.75) is 32.8 Å². The molecule has 0 fully saturated rings. The Kier molecular flexibility index (Phi) is 4.47. The molecule has 1 aromatic heterocycles. The average Bonchev–Trinajstić information content (AvgIpc) is 2.23. The number of anilines is 1. The van der Waals surface area contributed by atoms with Gasteiger partial charge in [0, 0.05) is 13.0 Å². The van der Waals surface area contributed by atoms with Crippen LogP contribution < -0.4 is 5.73 Å². The minimum absolute atomic E-state index is 0.316. The molecule has 0 aliphatic heterocycles. The zero-order valence-corrected chi connectivity index (χ0v) is 10.8. The third-order valence-electron chi connectivity index (χ3n) is 2.30. The summed E-state index contributed by atoms with van der Waals surface area (Å²) >= 11 is 3.36. The number of methoxy groups -OCH3 is 1. The molecule has 1 heterocycles. The van der Waals surface area contributed by atoms with Gasteiger partial charge in [-0.2, -0.15) is 0 Å². The van der Waals surface area contributed by atoms with Crippen LogP contribution in [0.25, 0.3) is 0 Å². The first kappa shape index (κ1) is 12.4. The van der Waals surface area contributed by atoms with Gasteiger partial charge in [0.1, 0.15) is 11.6 Å². The molecule has 0 bridgehead atoms. The lowest BCUT2D eigenvalue weighted by Gasteiger charge is -2.11. The number of ether oxygens (including phenoxy) is 1. The Labute approximate surface area is 98.4 Å². The summed E-state index contributed by atoms with van der Waals surface area (Å²) < 4.78 is 5.79. The van der Waals surface area contributed by atoms with Crippen molar-refractivity contribution in [1.82, 2.24) is 9.97 Å².